The SMILES string of the molecule is CCN(CC(N)C(=O)O)CC(C)(C)O. The molecule has 0 rings (SSSR count). The first-order chi connectivity index (χ1) is 6.26. The largest absolute Gasteiger partial charge is 0.480 e. The van der Waals surface area contributed by atoms with Gasteiger partial charge in [-0.1, -0.05) is 6.92 Å². The Kier molecular flexibility index (Phi) is 5.04. The van der Waals surface area contributed by atoms with Gasteiger partial charge in [-0.15, -0.1) is 0 Å². The zero-order chi connectivity index (χ0) is 11.4. The molecule has 1 atom stereocenters. The normalized spacial score (nSPS) is 14.4. The van der Waals surface area contributed by atoms with E-state index < -0.39 is 17.6 Å². The third-order valence-electron chi connectivity index (χ3n) is 1.83. The number of nitrogens with zero attached hydrogens (tertiary/aromatic N) is 1. The lowest BCUT2D eigenvalue weighted by Crippen LogP contribution is -2.47. The molecule has 0 aliphatic carbocycles. The van der Waals surface area contributed by atoms with Crippen molar-refractivity contribution in [2.24, 2.45) is 5.73 Å². The maximum Gasteiger partial charge on any atom is 0.321 e. The topological polar surface area (TPSA) is 86.8 Å². The molecule has 0 bridgehead atoms. The number of aliphatic carboxylic acids is 1. The quantitative estimate of drug-likeness (QED) is 0.542. The summed E-state index contributed by atoms with van der Waals surface area (Å²) in [6, 6.07) is -0.891. The molecule has 0 spiro atoms. The van der Waals surface area contributed by atoms with E-state index in [0.717, 1.165) is 0 Å². The molecule has 4 N–H and O–H groups in total. The van der Waals surface area contributed by atoms with Crippen molar-refractivity contribution in [3.05, 3.63) is 0 Å². The Bertz CT molecular complexity index is 189. The summed E-state index contributed by atoms with van der Waals surface area (Å²) < 4.78 is 0. The van der Waals surface area contributed by atoms with Crippen molar-refractivity contribution < 1.29 is 15.0 Å². The minimum absolute atomic E-state index is 0.260. The van der Waals surface area contributed by atoms with E-state index in [1.807, 2.05) is 11.8 Å². The fourth-order valence-electron chi connectivity index (χ4n) is 1.21. The predicted octanol–water partition coefficient (Wildman–Crippen LogP) is -0.509. The zero-order valence-corrected chi connectivity index (χ0v) is 9.03. The molecule has 0 radical (unpaired) electrons. The van der Waals surface area contributed by atoms with Crippen molar-refractivity contribution in [3.63, 3.8) is 0 Å². The Balaban J connectivity index is 4.10. The van der Waals surface area contributed by atoms with Crippen LogP contribution in [-0.4, -0.2) is 52.4 Å². The lowest BCUT2D eigenvalue weighted by Gasteiger charge is -2.28. The van der Waals surface area contributed by atoms with E-state index in [4.69, 9.17) is 10.8 Å². The summed E-state index contributed by atoms with van der Waals surface area (Å²) in [4.78, 5) is 12.3. The van der Waals surface area contributed by atoms with Crippen LogP contribution >= 0.6 is 0 Å². The molecule has 0 saturated carbocycles. The van der Waals surface area contributed by atoms with Crippen molar-refractivity contribution in [3.8, 4) is 0 Å². The van der Waals surface area contributed by atoms with Gasteiger partial charge >= 0.3 is 5.97 Å². The molecule has 84 valence electrons. The third-order valence-corrected chi connectivity index (χ3v) is 1.83. The van der Waals surface area contributed by atoms with Gasteiger partial charge in [-0.05, 0) is 20.4 Å². The van der Waals surface area contributed by atoms with Crippen LogP contribution in [0.5, 0.6) is 0 Å². The first kappa shape index (κ1) is 13.4. The Morgan fingerprint density at radius 2 is 2.07 bits per heavy atom. The molecule has 0 amide bonds. The van der Waals surface area contributed by atoms with Gasteiger partial charge in [-0.2, -0.15) is 0 Å². The number of aliphatic hydroxyl groups is 1. The van der Waals surface area contributed by atoms with Crippen LogP contribution in [0, 0.1) is 0 Å². The Hall–Kier alpha value is -0.650. The molecule has 0 aromatic rings. The van der Waals surface area contributed by atoms with Crippen LogP contribution in [0.25, 0.3) is 0 Å². The second-order valence-corrected chi connectivity index (χ2v) is 4.08. The second kappa shape index (κ2) is 5.29. The van der Waals surface area contributed by atoms with Crippen LogP contribution in [0.3, 0.4) is 0 Å². The Morgan fingerprint density at radius 1 is 1.57 bits per heavy atom. The molecule has 0 aliphatic heterocycles. The van der Waals surface area contributed by atoms with Gasteiger partial charge in [-0.25, -0.2) is 0 Å². The van der Waals surface area contributed by atoms with Crippen LogP contribution in [0.4, 0.5) is 0 Å². The summed E-state index contributed by atoms with van der Waals surface area (Å²) in [5.74, 6) is -1.01. The molecule has 0 saturated heterocycles. The minimum atomic E-state index is -1.01. The molecule has 0 aliphatic rings. The summed E-state index contributed by atoms with van der Waals surface area (Å²) >= 11 is 0. The van der Waals surface area contributed by atoms with Gasteiger partial charge < -0.3 is 15.9 Å². The molecule has 1 unspecified atom stereocenters. The fraction of sp³-hybridized carbons (Fsp3) is 0.889. The monoisotopic (exact) mass is 204 g/mol. The maximum atomic E-state index is 10.5. The molecule has 0 fully saturated rings. The van der Waals surface area contributed by atoms with Crippen molar-refractivity contribution in [2.75, 3.05) is 19.6 Å². The molecule has 0 aromatic carbocycles. The minimum Gasteiger partial charge on any atom is -0.480 e. The molecule has 0 aromatic heterocycles. The molecule has 14 heavy (non-hydrogen) atoms. The van der Waals surface area contributed by atoms with E-state index >= 15 is 0 Å². The van der Waals surface area contributed by atoms with Crippen LogP contribution in [0.1, 0.15) is 20.8 Å². The summed E-state index contributed by atoms with van der Waals surface area (Å²) in [5, 5.41) is 18.2. The zero-order valence-electron chi connectivity index (χ0n) is 9.03. The fourth-order valence-corrected chi connectivity index (χ4v) is 1.21. The van der Waals surface area contributed by atoms with E-state index in [1.165, 1.54) is 0 Å². The van der Waals surface area contributed by atoms with Gasteiger partial charge in [-0.3, -0.25) is 9.69 Å². The van der Waals surface area contributed by atoms with Crippen molar-refractivity contribution in [1.29, 1.82) is 0 Å². The highest BCUT2D eigenvalue weighted by Crippen LogP contribution is 2.04. The Labute approximate surface area is 84.5 Å². The van der Waals surface area contributed by atoms with Crippen molar-refractivity contribution >= 4 is 5.97 Å². The standard InChI is InChI=1S/C9H20N2O3/c1-4-11(6-9(2,3)14)5-7(10)8(12)13/h7,14H,4-6,10H2,1-3H3,(H,12,13). The lowest BCUT2D eigenvalue weighted by atomic mass is 10.1. The predicted molar refractivity (Wildman–Crippen MR) is 54.0 cm³/mol. The number of carboxylic acids is 1. The lowest BCUT2D eigenvalue weighted by molar-refractivity contribution is -0.139. The van der Waals surface area contributed by atoms with Crippen LogP contribution in [0.15, 0.2) is 0 Å². The van der Waals surface area contributed by atoms with E-state index in [-0.39, 0.29) is 6.54 Å². The number of hydrogen-bond donors (Lipinski definition) is 3. The first-order valence-corrected chi connectivity index (χ1v) is 4.69. The van der Waals surface area contributed by atoms with Crippen LogP contribution in [0.2, 0.25) is 0 Å². The highest BCUT2D eigenvalue weighted by Gasteiger charge is 2.21. The Morgan fingerprint density at radius 3 is 2.36 bits per heavy atom. The number of rotatable bonds is 6. The summed E-state index contributed by atoms with van der Waals surface area (Å²) in [6.07, 6.45) is 0. The van der Waals surface area contributed by atoms with E-state index in [1.54, 1.807) is 13.8 Å². The molecule has 5 nitrogen and oxygen atoms in total. The maximum absolute atomic E-state index is 10.5. The summed E-state index contributed by atoms with van der Waals surface area (Å²) in [7, 11) is 0. The second-order valence-electron chi connectivity index (χ2n) is 4.08. The number of carbonyl (C=O) groups is 1. The highest BCUT2D eigenvalue weighted by molar-refractivity contribution is 5.73. The molecular weight excluding hydrogens is 184 g/mol. The third kappa shape index (κ3) is 5.90. The summed E-state index contributed by atoms with van der Waals surface area (Å²) in [6.45, 7) is 6.62. The first-order valence-electron chi connectivity index (χ1n) is 4.69. The summed E-state index contributed by atoms with van der Waals surface area (Å²) in [5.41, 5.74) is 4.56. The highest BCUT2D eigenvalue weighted by atomic mass is 16.4. The van der Waals surface area contributed by atoms with Gasteiger partial charge in [0.05, 0.1) is 5.60 Å². The van der Waals surface area contributed by atoms with Crippen molar-refractivity contribution in [1.82, 2.24) is 4.90 Å². The van der Waals surface area contributed by atoms with Gasteiger partial charge in [0.1, 0.15) is 6.04 Å². The number of likely N-dealkylation sites (N-methyl/N-ethyl adjacent to an activating group) is 1. The van der Waals surface area contributed by atoms with Crippen molar-refractivity contribution in [2.45, 2.75) is 32.4 Å². The number of nitrogens with two attached hydrogens (primary N) is 1. The van der Waals surface area contributed by atoms with Gasteiger partial charge in [0.2, 0.25) is 0 Å². The van der Waals surface area contributed by atoms with E-state index in [9.17, 15) is 9.90 Å². The van der Waals surface area contributed by atoms with Gasteiger partial charge in [0.25, 0.3) is 0 Å². The van der Waals surface area contributed by atoms with E-state index in [0.29, 0.717) is 13.1 Å². The number of carboxylic acid groups (broad SMARTS) is 1. The van der Waals surface area contributed by atoms with Gasteiger partial charge in [0.15, 0.2) is 0 Å². The van der Waals surface area contributed by atoms with Crippen LogP contribution in [-0.2, 0) is 4.79 Å². The number of hydrogen-bond acceptors (Lipinski definition) is 4. The average molecular weight is 204 g/mol. The smallest absolute Gasteiger partial charge is 0.321 e. The van der Waals surface area contributed by atoms with Gasteiger partial charge in [0, 0.05) is 13.1 Å². The van der Waals surface area contributed by atoms with Crippen LogP contribution < -0.4 is 5.73 Å². The molecular formula is C9H20N2O3. The average Bonchev–Trinajstić information content (AvgIpc) is 2.00. The molecule has 0 heterocycles. The van der Waals surface area contributed by atoms with E-state index in [2.05, 4.69) is 0 Å². The molecule has 5 heteroatoms.